The summed E-state index contributed by atoms with van der Waals surface area (Å²) >= 11 is 0. The number of rotatable bonds is 5. The molecule has 1 heterocycles. The van der Waals surface area contributed by atoms with E-state index in [1.54, 1.807) is 29.2 Å². The van der Waals surface area contributed by atoms with Crippen LogP contribution in [0.3, 0.4) is 0 Å². The quantitative estimate of drug-likeness (QED) is 0.585. The Kier molecular flexibility index (Phi) is 4.94. The average Bonchev–Trinajstić information content (AvgIpc) is 2.71. The summed E-state index contributed by atoms with van der Waals surface area (Å²) in [6, 6.07) is 6.79. The van der Waals surface area contributed by atoms with Gasteiger partial charge in [-0.3, -0.25) is 9.69 Å². The molecule has 20 heavy (non-hydrogen) atoms. The molecule has 0 radical (unpaired) electrons. The van der Waals surface area contributed by atoms with Gasteiger partial charge in [0.15, 0.2) is 0 Å². The Morgan fingerprint density at radius 2 is 1.75 bits per heavy atom. The Morgan fingerprint density at radius 3 is 2.30 bits per heavy atom. The van der Waals surface area contributed by atoms with Crippen LogP contribution in [-0.4, -0.2) is 59.5 Å². The molecule has 6 nitrogen and oxygen atoms in total. The van der Waals surface area contributed by atoms with Gasteiger partial charge >= 0.3 is 5.97 Å². The molecule has 0 saturated carbocycles. The van der Waals surface area contributed by atoms with Crippen LogP contribution in [0.1, 0.15) is 6.92 Å². The fourth-order valence-corrected chi connectivity index (χ4v) is 2.09. The molecule has 1 aromatic carbocycles. The van der Waals surface area contributed by atoms with Crippen LogP contribution < -0.4 is 9.47 Å². The highest BCUT2D eigenvalue weighted by Crippen LogP contribution is 2.18. The number of ether oxygens (including phenoxy) is 2. The second-order valence-corrected chi connectivity index (χ2v) is 4.71. The average molecular weight is 281 g/mol. The maximum absolute atomic E-state index is 11.7. The Morgan fingerprint density at radius 1 is 1.20 bits per heavy atom. The van der Waals surface area contributed by atoms with Gasteiger partial charge in [0.1, 0.15) is 11.5 Å². The Labute approximate surface area is 117 Å². The van der Waals surface area contributed by atoms with Crippen LogP contribution >= 0.6 is 0 Å². The lowest BCUT2D eigenvalue weighted by atomic mass is 10.3. The SMILES string of the molecule is CCOc1ccc(OC(=O)CN2C[C@@H](O)[C@@H](O)C2)cc1. The van der Waals surface area contributed by atoms with Gasteiger partial charge in [0, 0.05) is 13.1 Å². The molecular formula is C14H19NO5. The molecule has 1 fully saturated rings. The van der Waals surface area contributed by atoms with E-state index in [9.17, 15) is 15.0 Å². The predicted molar refractivity (Wildman–Crippen MR) is 71.7 cm³/mol. The van der Waals surface area contributed by atoms with Gasteiger partial charge in [-0.05, 0) is 31.2 Å². The van der Waals surface area contributed by atoms with Crippen molar-refractivity contribution in [3.8, 4) is 11.5 Å². The van der Waals surface area contributed by atoms with E-state index in [0.29, 0.717) is 12.4 Å². The minimum absolute atomic E-state index is 0.0430. The van der Waals surface area contributed by atoms with Gasteiger partial charge < -0.3 is 19.7 Å². The van der Waals surface area contributed by atoms with Crippen molar-refractivity contribution in [3.05, 3.63) is 24.3 Å². The highest BCUT2D eigenvalue weighted by molar-refractivity contribution is 5.74. The molecule has 6 heteroatoms. The standard InChI is InChI=1S/C14H19NO5/c1-2-19-10-3-5-11(6-4-10)20-14(18)9-15-7-12(16)13(17)8-15/h3-6,12-13,16-17H,2,7-9H2,1H3/t12-,13+. The molecule has 2 rings (SSSR count). The van der Waals surface area contributed by atoms with Crippen LogP contribution in [0, 0.1) is 0 Å². The highest BCUT2D eigenvalue weighted by Gasteiger charge is 2.30. The molecule has 2 atom stereocenters. The number of hydrogen-bond acceptors (Lipinski definition) is 6. The zero-order valence-corrected chi connectivity index (χ0v) is 11.4. The number of nitrogens with zero attached hydrogens (tertiary/aromatic N) is 1. The van der Waals surface area contributed by atoms with Crippen LogP contribution in [0.15, 0.2) is 24.3 Å². The normalized spacial score (nSPS) is 22.8. The van der Waals surface area contributed by atoms with E-state index in [0.717, 1.165) is 5.75 Å². The van der Waals surface area contributed by atoms with Gasteiger partial charge in [0.25, 0.3) is 0 Å². The third-order valence-corrected chi connectivity index (χ3v) is 3.05. The number of esters is 1. The van der Waals surface area contributed by atoms with E-state index in [2.05, 4.69) is 0 Å². The minimum atomic E-state index is -0.798. The molecule has 0 spiro atoms. The fourth-order valence-electron chi connectivity index (χ4n) is 2.09. The molecular weight excluding hydrogens is 262 g/mol. The largest absolute Gasteiger partial charge is 0.494 e. The van der Waals surface area contributed by atoms with E-state index >= 15 is 0 Å². The van der Waals surface area contributed by atoms with Crippen LogP contribution in [0.5, 0.6) is 11.5 Å². The summed E-state index contributed by atoms with van der Waals surface area (Å²) in [5, 5.41) is 18.8. The fraction of sp³-hybridized carbons (Fsp3) is 0.500. The maximum Gasteiger partial charge on any atom is 0.325 e. The van der Waals surface area contributed by atoms with Gasteiger partial charge in [-0.15, -0.1) is 0 Å². The summed E-state index contributed by atoms with van der Waals surface area (Å²) in [7, 11) is 0. The van der Waals surface area contributed by atoms with Crippen molar-refractivity contribution in [2.75, 3.05) is 26.2 Å². The summed E-state index contributed by atoms with van der Waals surface area (Å²) in [6.07, 6.45) is -1.60. The minimum Gasteiger partial charge on any atom is -0.494 e. The number of β-amino-alcohol motifs (C(OH)–C–C–N with tert-alkyl or cyclic N) is 2. The summed E-state index contributed by atoms with van der Waals surface area (Å²) in [6.45, 7) is 3.08. The van der Waals surface area contributed by atoms with Crippen molar-refractivity contribution in [2.24, 2.45) is 0 Å². The maximum atomic E-state index is 11.7. The Balaban J connectivity index is 1.82. The lowest BCUT2D eigenvalue weighted by molar-refractivity contribution is -0.135. The van der Waals surface area contributed by atoms with Gasteiger partial charge in [-0.1, -0.05) is 0 Å². The van der Waals surface area contributed by atoms with Crippen molar-refractivity contribution in [1.82, 2.24) is 4.90 Å². The van der Waals surface area contributed by atoms with Gasteiger partial charge in [0.2, 0.25) is 0 Å². The second kappa shape index (κ2) is 6.69. The monoisotopic (exact) mass is 281 g/mol. The van der Waals surface area contributed by atoms with E-state index in [1.165, 1.54) is 0 Å². The zero-order valence-electron chi connectivity index (χ0n) is 11.4. The first-order valence-corrected chi connectivity index (χ1v) is 6.60. The Hall–Kier alpha value is -1.63. The van der Waals surface area contributed by atoms with Gasteiger partial charge in [0.05, 0.1) is 25.4 Å². The lowest BCUT2D eigenvalue weighted by Crippen LogP contribution is -2.31. The number of aliphatic hydroxyl groups is 2. The van der Waals surface area contributed by atoms with E-state index in [-0.39, 0.29) is 19.6 Å². The van der Waals surface area contributed by atoms with Crippen LogP contribution in [0.2, 0.25) is 0 Å². The van der Waals surface area contributed by atoms with Crippen LogP contribution in [0.25, 0.3) is 0 Å². The first kappa shape index (κ1) is 14.8. The van der Waals surface area contributed by atoms with Crippen molar-refractivity contribution in [1.29, 1.82) is 0 Å². The van der Waals surface area contributed by atoms with Crippen LogP contribution in [0.4, 0.5) is 0 Å². The smallest absolute Gasteiger partial charge is 0.325 e. The van der Waals surface area contributed by atoms with E-state index in [1.807, 2.05) is 6.92 Å². The lowest BCUT2D eigenvalue weighted by Gasteiger charge is -2.13. The van der Waals surface area contributed by atoms with Gasteiger partial charge in [-0.25, -0.2) is 0 Å². The number of carbonyl (C=O) groups is 1. The predicted octanol–water partition coefficient (Wildman–Crippen LogP) is 0.0281. The molecule has 0 amide bonds. The number of likely N-dealkylation sites (tertiary alicyclic amines) is 1. The molecule has 1 aliphatic heterocycles. The third kappa shape index (κ3) is 3.93. The molecule has 1 saturated heterocycles. The number of hydrogen-bond donors (Lipinski definition) is 2. The van der Waals surface area contributed by atoms with Crippen molar-refractivity contribution < 1.29 is 24.5 Å². The molecule has 0 aromatic heterocycles. The topological polar surface area (TPSA) is 79.2 Å². The number of aliphatic hydroxyl groups excluding tert-OH is 2. The van der Waals surface area contributed by atoms with Crippen molar-refractivity contribution in [2.45, 2.75) is 19.1 Å². The first-order valence-electron chi connectivity index (χ1n) is 6.60. The Bertz CT molecular complexity index is 437. The molecule has 0 aliphatic carbocycles. The number of benzene rings is 1. The summed E-state index contributed by atoms with van der Waals surface area (Å²) in [5.74, 6) is 0.743. The molecule has 110 valence electrons. The summed E-state index contributed by atoms with van der Waals surface area (Å²) in [5.41, 5.74) is 0. The highest BCUT2D eigenvalue weighted by atomic mass is 16.5. The molecule has 1 aliphatic rings. The van der Waals surface area contributed by atoms with E-state index < -0.39 is 18.2 Å². The first-order chi connectivity index (χ1) is 9.58. The molecule has 0 unspecified atom stereocenters. The van der Waals surface area contributed by atoms with Crippen molar-refractivity contribution >= 4 is 5.97 Å². The van der Waals surface area contributed by atoms with E-state index in [4.69, 9.17) is 9.47 Å². The number of carbonyl (C=O) groups excluding carboxylic acids is 1. The van der Waals surface area contributed by atoms with Gasteiger partial charge in [-0.2, -0.15) is 0 Å². The molecule has 1 aromatic rings. The third-order valence-electron chi connectivity index (χ3n) is 3.05. The second-order valence-electron chi connectivity index (χ2n) is 4.71. The van der Waals surface area contributed by atoms with Crippen LogP contribution in [-0.2, 0) is 4.79 Å². The summed E-state index contributed by atoms with van der Waals surface area (Å²) in [4.78, 5) is 13.4. The van der Waals surface area contributed by atoms with Crippen molar-refractivity contribution in [3.63, 3.8) is 0 Å². The zero-order chi connectivity index (χ0) is 14.5. The molecule has 2 N–H and O–H groups in total. The summed E-state index contributed by atoms with van der Waals surface area (Å²) < 4.78 is 10.5. The molecule has 0 bridgehead atoms.